The molecule has 0 radical (unpaired) electrons. The molecular weight excluding hydrogens is 164 g/mol. The predicted molar refractivity (Wildman–Crippen MR) is 54.6 cm³/mol. The summed E-state index contributed by atoms with van der Waals surface area (Å²) >= 11 is 0. The monoisotopic (exact) mass is 184 g/mol. The van der Waals surface area contributed by atoms with Crippen molar-refractivity contribution in [1.29, 1.82) is 0 Å². The van der Waals surface area contributed by atoms with Crippen LogP contribution >= 0.6 is 0 Å². The van der Waals surface area contributed by atoms with E-state index >= 15 is 0 Å². The molecule has 0 heterocycles. The second-order valence-electron chi connectivity index (χ2n) is 5.41. The molecule has 1 N–H and O–H groups in total. The SMILES string of the molecule is C=C(C(=O)O)C(C)(C)CC(C)(C)C. The first-order valence-corrected chi connectivity index (χ1v) is 4.49. The van der Waals surface area contributed by atoms with Gasteiger partial charge in [-0.2, -0.15) is 0 Å². The third kappa shape index (κ3) is 4.11. The molecule has 2 heteroatoms. The summed E-state index contributed by atoms with van der Waals surface area (Å²) in [5.41, 5.74) is 0.0915. The van der Waals surface area contributed by atoms with E-state index < -0.39 is 5.97 Å². The number of carboxylic acid groups (broad SMARTS) is 1. The van der Waals surface area contributed by atoms with Crippen LogP contribution in [-0.2, 0) is 4.79 Å². The molecule has 0 saturated heterocycles. The molecule has 0 rings (SSSR count). The average molecular weight is 184 g/mol. The summed E-state index contributed by atoms with van der Waals surface area (Å²) < 4.78 is 0. The van der Waals surface area contributed by atoms with Crippen molar-refractivity contribution in [1.82, 2.24) is 0 Å². The first-order chi connectivity index (χ1) is 5.56. The van der Waals surface area contributed by atoms with Crippen molar-refractivity contribution in [3.8, 4) is 0 Å². The first kappa shape index (κ1) is 12.2. The van der Waals surface area contributed by atoms with Crippen molar-refractivity contribution in [2.24, 2.45) is 10.8 Å². The van der Waals surface area contributed by atoms with Crippen LogP contribution in [0.2, 0.25) is 0 Å². The molecule has 13 heavy (non-hydrogen) atoms. The van der Waals surface area contributed by atoms with Gasteiger partial charge in [-0.05, 0) is 17.3 Å². The lowest BCUT2D eigenvalue weighted by Gasteiger charge is -2.32. The highest BCUT2D eigenvalue weighted by molar-refractivity contribution is 5.87. The number of aliphatic carboxylic acids is 1. The fraction of sp³-hybridized carbons (Fsp3) is 0.727. The van der Waals surface area contributed by atoms with Gasteiger partial charge in [0.15, 0.2) is 0 Å². The predicted octanol–water partition coefficient (Wildman–Crippen LogP) is 3.09. The van der Waals surface area contributed by atoms with Crippen LogP contribution in [0.1, 0.15) is 41.0 Å². The molecule has 0 aliphatic rings. The Morgan fingerprint density at radius 2 is 1.62 bits per heavy atom. The minimum Gasteiger partial charge on any atom is -0.478 e. The van der Waals surface area contributed by atoms with Crippen LogP contribution in [0.25, 0.3) is 0 Å². The minimum absolute atomic E-state index is 0.127. The van der Waals surface area contributed by atoms with Crippen LogP contribution in [0.5, 0.6) is 0 Å². The molecule has 0 aliphatic heterocycles. The Morgan fingerprint density at radius 1 is 1.23 bits per heavy atom. The molecule has 0 unspecified atom stereocenters. The van der Waals surface area contributed by atoms with Crippen LogP contribution in [0, 0.1) is 10.8 Å². The Morgan fingerprint density at radius 3 is 1.85 bits per heavy atom. The van der Waals surface area contributed by atoms with Crippen molar-refractivity contribution in [3.63, 3.8) is 0 Å². The van der Waals surface area contributed by atoms with E-state index in [1.807, 2.05) is 13.8 Å². The maximum atomic E-state index is 10.7. The Hall–Kier alpha value is -0.790. The highest BCUT2D eigenvalue weighted by Crippen LogP contribution is 2.37. The van der Waals surface area contributed by atoms with Crippen LogP contribution in [0.3, 0.4) is 0 Å². The molecule has 0 atom stereocenters. The Balaban J connectivity index is 4.59. The minimum atomic E-state index is -0.894. The highest BCUT2D eigenvalue weighted by atomic mass is 16.4. The van der Waals surface area contributed by atoms with Crippen LogP contribution in [-0.4, -0.2) is 11.1 Å². The van der Waals surface area contributed by atoms with E-state index in [-0.39, 0.29) is 10.8 Å². The van der Waals surface area contributed by atoms with Gasteiger partial charge in [0.05, 0.1) is 0 Å². The standard InChI is InChI=1S/C11H20O2/c1-8(9(12)13)11(5,6)7-10(2,3)4/h1,7H2,2-6H3,(H,12,13). The molecule has 0 aliphatic carbocycles. The lowest BCUT2D eigenvalue weighted by Crippen LogP contribution is -2.26. The molecule has 0 fully saturated rings. The van der Waals surface area contributed by atoms with Crippen LogP contribution < -0.4 is 0 Å². The Bertz CT molecular complexity index is 219. The molecule has 0 aromatic carbocycles. The fourth-order valence-electron chi connectivity index (χ4n) is 1.72. The van der Waals surface area contributed by atoms with Crippen molar-refractivity contribution in [2.45, 2.75) is 41.0 Å². The van der Waals surface area contributed by atoms with E-state index in [4.69, 9.17) is 5.11 Å². The summed E-state index contributed by atoms with van der Waals surface area (Å²) in [6, 6.07) is 0. The first-order valence-electron chi connectivity index (χ1n) is 4.49. The molecule has 0 amide bonds. The van der Waals surface area contributed by atoms with Gasteiger partial charge in [0.1, 0.15) is 0 Å². The fourth-order valence-corrected chi connectivity index (χ4v) is 1.72. The number of carbonyl (C=O) groups is 1. The van der Waals surface area contributed by atoms with Gasteiger partial charge >= 0.3 is 5.97 Å². The largest absolute Gasteiger partial charge is 0.478 e. The summed E-state index contributed by atoms with van der Waals surface area (Å²) in [5.74, 6) is -0.894. The molecule has 0 aromatic rings. The average Bonchev–Trinajstić information content (AvgIpc) is 1.80. The second kappa shape index (κ2) is 3.52. The van der Waals surface area contributed by atoms with Gasteiger partial charge in [-0.3, -0.25) is 0 Å². The van der Waals surface area contributed by atoms with E-state index in [1.54, 1.807) is 0 Å². The van der Waals surface area contributed by atoms with Crippen molar-refractivity contribution >= 4 is 5.97 Å². The topological polar surface area (TPSA) is 37.3 Å². The smallest absolute Gasteiger partial charge is 0.331 e. The van der Waals surface area contributed by atoms with Gasteiger partial charge in [0, 0.05) is 5.57 Å². The lowest BCUT2D eigenvalue weighted by molar-refractivity contribution is -0.133. The normalized spacial score (nSPS) is 12.7. The summed E-state index contributed by atoms with van der Waals surface area (Å²) in [6.07, 6.45) is 0.825. The highest BCUT2D eigenvalue weighted by Gasteiger charge is 2.31. The van der Waals surface area contributed by atoms with E-state index in [2.05, 4.69) is 27.4 Å². The van der Waals surface area contributed by atoms with E-state index in [0.717, 1.165) is 6.42 Å². The molecule has 0 aromatic heterocycles. The zero-order valence-electron chi connectivity index (χ0n) is 9.27. The summed E-state index contributed by atoms with van der Waals surface area (Å²) in [7, 11) is 0. The molecule has 0 bridgehead atoms. The maximum absolute atomic E-state index is 10.7. The zero-order chi connectivity index (χ0) is 10.9. The maximum Gasteiger partial charge on any atom is 0.331 e. The van der Waals surface area contributed by atoms with E-state index in [0.29, 0.717) is 5.57 Å². The Labute approximate surface area is 80.7 Å². The quantitative estimate of drug-likeness (QED) is 0.684. The molecule has 2 nitrogen and oxygen atoms in total. The van der Waals surface area contributed by atoms with E-state index in [1.165, 1.54) is 0 Å². The van der Waals surface area contributed by atoms with Crippen molar-refractivity contribution in [3.05, 3.63) is 12.2 Å². The van der Waals surface area contributed by atoms with Gasteiger partial charge in [-0.15, -0.1) is 0 Å². The van der Waals surface area contributed by atoms with Crippen molar-refractivity contribution in [2.75, 3.05) is 0 Å². The summed E-state index contributed by atoms with van der Waals surface area (Å²) in [5, 5.41) is 8.81. The third-order valence-electron chi connectivity index (χ3n) is 2.05. The Kier molecular flexibility index (Phi) is 3.31. The van der Waals surface area contributed by atoms with E-state index in [9.17, 15) is 4.79 Å². The van der Waals surface area contributed by atoms with Crippen molar-refractivity contribution < 1.29 is 9.90 Å². The van der Waals surface area contributed by atoms with Gasteiger partial charge in [0.25, 0.3) is 0 Å². The van der Waals surface area contributed by atoms with Gasteiger partial charge in [-0.25, -0.2) is 4.79 Å². The molecule has 0 saturated carbocycles. The number of rotatable bonds is 3. The summed E-state index contributed by atoms with van der Waals surface area (Å²) in [6.45, 7) is 13.8. The van der Waals surface area contributed by atoms with Gasteiger partial charge < -0.3 is 5.11 Å². The number of hydrogen-bond acceptors (Lipinski definition) is 1. The molecular formula is C11H20O2. The van der Waals surface area contributed by atoms with Crippen LogP contribution in [0.4, 0.5) is 0 Å². The molecule has 76 valence electrons. The lowest BCUT2D eigenvalue weighted by atomic mass is 9.72. The summed E-state index contributed by atoms with van der Waals surface area (Å²) in [4.78, 5) is 10.7. The number of carboxylic acids is 1. The number of hydrogen-bond donors (Lipinski definition) is 1. The third-order valence-corrected chi connectivity index (χ3v) is 2.05. The van der Waals surface area contributed by atoms with Gasteiger partial charge in [-0.1, -0.05) is 41.2 Å². The molecule has 0 spiro atoms. The zero-order valence-corrected chi connectivity index (χ0v) is 9.27. The second-order valence-corrected chi connectivity index (χ2v) is 5.41. The van der Waals surface area contributed by atoms with Gasteiger partial charge in [0.2, 0.25) is 0 Å². The van der Waals surface area contributed by atoms with Crippen LogP contribution in [0.15, 0.2) is 12.2 Å².